The van der Waals surface area contributed by atoms with Crippen molar-refractivity contribution in [3.05, 3.63) is 12.7 Å². The number of nitrogens with two attached hydrogens (primary N) is 1. The van der Waals surface area contributed by atoms with Gasteiger partial charge in [-0.15, -0.1) is 17.0 Å². The van der Waals surface area contributed by atoms with E-state index < -0.39 is 0 Å². The highest BCUT2D eigenvalue weighted by atomic mass is 79.9. The van der Waals surface area contributed by atoms with Crippen molar-refractivity contribution in [2.24, 2.45) is 0 Å². The fraction of sp³-hybridized carbons (Fsp3) is 0.571. The van der Waals surface area contributed by atoms with Gasteiger partial charge in [-0.3, -0.25) is 0 Å². The topological polar surface area (TPSA) is 42.9 Å². The lowest BCUT2D eigenvalue weighted by molar-refractivity contribution is -0.642. The van der Waals surface area contributed by atoms with Crippen LogP contribution in [0.1, 0.15) is 6.92 Å². The number of carbonyl (C=O) groups is 1. The molecule has 0 bridgehead atoms. The van der Waals surface area contributed by atoms with Gasteiger partial charge in [0.15, 0.2) is 6.54 Å². The number of rotatable bonds is 5. The molecule has 0 aromatic heterocycles. The lowest BCUT2D eigenvalue weighted by Gasteiger charge is -1.98. The lowest BCUT2D eigenvalue weighted by atomic mass is 10.6. The van der Waals surface area contributed by atoms with Crippen molar-refractivity contribution in [3.63, 3.8) is 0 Å². The zero-order chi connectivity index (χ0) is 7.82. The van der Waals surface area contributed by atoms with Crippen molar-refractivity contribution in [1.29, 1.82) is 0 Å². The Morgan fingerprint density at radius 2 is 2.36 bits per heavy atom. The molecule has 0 radical (unpaired) electrons. The summed E-state index contributed by atoms with van der Waals surface area (Å²) in [5.74, 6) is -0.179. The Labute approximate surface area is 77.6 Å². The molecule has 0 aromatic rings. The summed E-state index contributed by atoms with van der Waals surface area (Å²) in [5, 5.41) is 1.88. The van der Waals surface area contributed by atoms with Crippen molar-refractivity contribution < 1.29 is 14.8 Å². The van der Waals surface area contributed by atoms with Crippen LogP contribution in [0.15, 0.2) is 12.7 Å². The molecular weight excluding hydrogens is 210 g/mol. The molecule has 11 heavy (non-hydrogen) atoms. The van der Waals surface area contributed by atoms with Gasteiger partial charge in [-0.25, -0.2) is 4.79 Å². The highest BCUT2D eigenvalue weighted by molar-refractivity contribution is 8.93. The maximum Gasteiger partial charge on any atom is 0.361 e. The molecule has 0 aliphatic carbocycles. The van der Waals surface area contributed by atoms with E-state index in [4.69, 9.17) is 4.74 Å². The number of carbonyl (C=O) groups excluding carboxylic acids is 1. The average Bonchev–Trinajstić information content (AvgIpc) is 1.97. The maximum absolute atomic E-state index is 10.7. The van der Waals surface area contributed by atoms with Gasteiger partial charge in [-0.1, -0.05) is 12.7 Å². The number of hydrogen-bond acceptors (Lipinski definition) is 2. The second-order valence-electron chi connectivity index (χ2n) is 1.87. The Hall–Kier alpha value is -0.350. The van der Waals surface area contributed by atoms with Crippen molar-refractivity contribution in [1.82, 2.24) is 0 Å². The molecule has 0 saturated carbocycles. The van der Waals surface area contributed by atoms with Crippen LogP contribution in [0, 0.1) is 0 Å². The molecule has 2 N–H and O–H groups in total. The first-order valence-electron chi connectivity index (χ1n) is 3.39. The second-order valence-corrected chi connectivity index (χ2v) is 1.87. The molecule has 4 heteroatoms. The molecule has 0 aromatic carbocycles. The van der Waals surface area contributed by atoms with E-state index in [2.05, 4.69) is 6.58 Å². The zero-order valence-corrected chi connectivity index (χ0v) is 8.42. The summed E-state index contributed by atoms with van der Waals surface area (Å²) in [6.45, 7) is 7.04. The number of likely N-dealkylation sites (N-methyl/N-ethyl adjacent to an activating group) is 1. The van der Waals surface area contributed by atoms with Crippen LogP contribution in [0.25, 0.3) is 0 Å². The van der Waals surface area contributed by atoms with E-state index in [1.165, 1.54) is 0 Å². The molecule has 0 rings (SSSR count). The third-order valence-corrected chi connectivity index (χ3v) is 0.962. The van der Waals surface area contributed by atoms with E-state index >= 15 is 0 Å². The molecule has 66 valence electrons. The third kappa shape index (κ3) is 9.65. The van der Waals surface area contributed by atoms with Crippen LogP contribution in [0.3, 0.4) is 0 Å². The summed E-state index contributed by atoms with van der Waals surface area (Å²) in [4.78, 5) is 10.7. The Morgan fingerprint density at radius 3 is 2.82 bits per heavy atom. The molecular formula is C7H15BrNO2+. The summed E-state index contributed by atoms with van der Waals surface area (Å²) < 4.78 is 4.70. The fourth-order valence-corrected chi connectivity index (χ4v) is 0.473. The summed E-state index contributed by atoms with van der Waals surface area (Å²) >= 11 is 0. The van der Waals surface area contributed by atoms with E-state index in [0.717, 1.165) is 6.54 Å². The Balaban J connectivity index is 0. The number of ether oxygens (including phenoxy) is 1. The highest BCUT2D eigenvalue weighted by Gasteiger charge is 2.00. The quantitative estimate of drug-likeness (QED) is 0.523. The van der Waals surface area contributed by atoms with Gasteiger partial charge in [0.2, 0.25) is 0 Å². The van der Waals surface area contributed by atoms with Crippen LogP contribution in [0.5, 0.6) is 0 Å². The van der Waals surface area contributed by atoms with E-state index in [1.807, 2.05) is 12.2 Å². The summed E-state index contributed by atoms with van der Waals surface area (Å²) in [6.07, 6.45) is 1.56. The van der Waals surface area contributed by atoms with Gasteiger partial charge >= 0.3 is 5.97 Å². The van der Waals surface area contributed by atoms with Gasteiger partial charge in [0.1, 0.15) is 6.61 Å². The summed E-state index contributed by atoms with van der Waals surface area (Å²) in [7, 11) is 0. The van der Waals surface area contributed by atoms with E-state index in [9.17, 15) is 4.79 Å². The van der Waals surface area contributed by atoms with Crippen molar-refractivity contribution >= 4 is 23.0 Å². The van der Waals surface area contributed by atoms with Crippen molar-refractivity contribution in [2.45, 2.75) is 6.92 Å². The summed E-state index contributed by atoms with van der Waals surface area (Å²) in [6, 6.07) is 0. The predicted molar refractivity (Wildman–Crippen MR) is 48.8 cm³/mol. The fourth-order valence-electron chi connectivity index (χ4n) is 0.473. The molecule has 0 aliphatic rings. The van der Waals surface area contributed by atoms with E-state index in [0.29, 0.717) is 13.2 Å². The van der Waals surface area contributed by atoms with Crippen LogP contribution in [0.2, 0.25) is 0 Å². The van der Waals surface area contributed by atoms with Gasteiger partial charge in [0, 0.05) is 0 Å². The van der Waals surface area contributed by atoms with Gasteiger partial charge in [0.05, 0.1) is 6.54 Å². The average molecular weight is 225 g/mol. The minimum Gasteiger partial charge on any atom is -0.457 e. The molecule has 3 nitrogen and oxygen atoms in total. The Kier molecular flexibility index (Phi) is 11.6. The standard InChI is InChI=1S/C7H13NO2.BrH/c1-3-5-10-7(9)6-8-4-2;/h3,8H,1,4-6H2,2H3;1H/p+1. The lowest BCUT2D eigenvalue weighted by Crippen LogP contribution is -2.85. The highest BCUT2D eigenvalue weighted by Crippen LogP contribution is 1.73. The number of halogens is 1. The molecule has 0 aliphatic heterocycles. The number of hydrogen-bond donors (Lipinski definition) is 1. The normalized spacial score (nSPS) is 8.09. The van der Waals surface area contributed by atoms with Gasteiger partial charge in [-0.05, 0) is 6.92 Å². The number of esters is 1. The smallest absolute Gasteiger partial charge is 0.361 e. The minimum atomic E-state index is -0.179. The van der Waals surface area contributed by atoms with Crippen LogP contribution in [0.4, 0.5) is 0 Å². The molecule has 0 atom stereocenters. The third-order valence-electron chi connectivity index (χ3n) is 0.962. The van der Waals surface area contributed by atoms with Gasteiger partial charge in [0.25, 0.3) is 0 Å². The van der Waals surface area contributed by atoms with Gasteiger partial charge in [-0.2, -0.15) is 0 Å². The maximum atomic E-state index is 10.7. The van der Waals surface area contributed by atoms with Crippen molar-refractivity contribution in [3.8, 4) is 0 Å². The molecule has 0 amide bonds. The Morgan fingerprint density at radius 1 is 1.73 bits per heavy atom. The SMILES string of the molecule is Br.C=CCOC(=O)C[NH2+]CC. The van der Waals surface area contributed by atoms with Gasteiger partial charge < -0.3 is 10.1 Å². The molecule has 0 unspecified atom stereocenters. The predicted octanol–water partition coefficient (Wildman–Crippen LogP) is -0.123. The van der Waals surface area contributed by atoms with Crippen LogP contribution >= 0.6 is 17.0 Å². The van der Waals surface area contributed by atoms with Crippen LogP contribution in [-0.4, -0.2) is 25.7 Å². The first kappa shape index (κ1) is 13.3. The summed E-state index contributed by atoms with van der Waals surface area (Å²) in [5.41, 5.74) is 0. The van der Waals surface area contributed by atoms with E-state index in [1.54, 1.807) is 6.08 Å². The minimum absolute atomic E-state index is 0. The van der Waals surface area contributed by atoms with E-state index in [-0.39, 0.29) is 23.0 Å². The molecule has 0 spiro atoms. The molecule has 0 fully saturated rings. The second kappa shape index (κ2) is 9.65. The van der Waals surface area contributed by atoms with Crippen LogP contribution in [-0.2, 0) is 9.53 Å². The number of quaternary nitrogens is 1. The monoisotopic (exact) mass is 224 g/mol. The first-order chi connectivity index (χ1) is 4.81. The van der Waals surface area contributed by atoms with Crippen molar-refractivity contribution in [2.75, 3.05) is 19.7 Å². The molecule has 0 saturated heterocycles. The van der Waals surface area contributed by atoms with Crippen LogP contribution < -0.4 is 5.32 Å². The molecule has 0 heterocycles. The zero-order valence-electron chi connectivity index (χ0n) is 6.71. The largest absolute Gasteiger partial charge is 0.457 e. The first-order valence-corrected chi connectivity index (χ1v) is 3.39. The Bertz CT molecular complexity index is 117.